The van der Waals surface area contributed by atoms with Crippen LogP contribution in [0.5, 0.6) is 0 Å². The van der Waals surface area contributed by atoms with Crippen molar-refractivity contribution in [3.05, 3.63) is 24.3 Å². The molecule has 54 heavy (non-hydrogen) atoms. The number of phosphoric ester groups is 1. The summed E-state index contributed by atoms with van der Waals surface area (Å²) in [5.74, 6) is -0.203. The number of aliphatic hydroxyl groups is 1. The van der Waals surface area contributed by atoms with E-state index in [1.807, 2.05) is 27.2 Å². The lowest BCUT2D eigenvalue weighted by molar-refractivity contribution is -0.870. The molecule has 0 heterocycles. The number of unbranched alkanes of at least 4 members (excludes halogenated alkanes) is 26. The molecule has 3 atom stereocenters. The number of phosphoric acid groups is 1. The molecule has 0 aromatic heterocycles. The fraction of sp³-hybridized carbons (Fsp3) is 0.889. The van der Waals surface area contributed by atoms with Crippen LogP contribution in [-0.4, -0.2) is 68.5 Å². The van der Waals surface area contributed by atoms with E-state index in [0.717, 1.165) is 38.5 Å². The molecule has 8 nitrogen and oxygen atoms in total. The number of nitrogens with zero attached hydrogens (tertiary/aromatic N) is 1. The van der Waals surface area contributed by atoms with Crippen molar-refractivity contribution < 1.29 is 32.9 Å². The summed E-state index contributed by atoms with van der Waals surface area (Å²) in [5.41, 5.74) is 0. The first-order valence-electron chi connectivity index (χ1n) is 22.7. The van der Waals surface area contributed by atoms with E-state index < -0.39 is 20.0 Å². The number of quaternary nitrogens is 1. The predicted octanol–water partition coefficient (Wildman–Crippen LogP) is 11.9. The van der Waals surface area contributed by atoms with E-state index in [-0.39, 0.29) is 19.1 Å². The summed E-state index contributed by atoms with van der Waals surface area (Å²) in [7, 11) is 1.26. The molecule has 9 heteroatoms. The van der Waals surface area contributed by atoms with Gasteiger partial charge in [-0.05, 0) is 44.9 Å². The number of likely N-dealkylation sites (N-methyl/N-ethyl adjacent to an activating group) is 1. The zero-order valence-electron chi connectivity index (χ0n) is 36.2. The highest BCUT2D eigenvalue weighted by Gasteiger charge is 2.23. The fourth-order valence-corrected chi connectivity index (χ4v) is 7.22. The van der Waals surface area contributed by atoms with Crippen LogP contribution in [0.3, 0.4) is 0 Å². The number of nitrogens with one attached hydrogen (secondary N) is 1. The molecule has 0 fully saturated rings. The van der Waals surface area contributed by atoms with Crippen molar-refractivity contribution in [2.45, 2.75) is 219 Å². The minimum atomic E-state index is -4.58. The summed E-state index contributed by atoms with van der Waals surface area (Å²) >= 11 is 0. The van der Waals surface area contributed by atoms with Crippen LogP contribution in [0.2, 0.25) is 0 Å². The van der Waals surface area contributed by atoms with Crippen LogP contribution >= 0.6 is 7.82 Å². The highest BCUT2D eigenvalue weighted by molar-refractivity contribution is 7.45. The van der Waals surface area contributed by atoms with Gasteiger partial charge >= 0.3 is 0 Å². The third-order valence-electron chi connectivity index (χ3n) is 10.2. The second kappa shape index (κ2) is 37.6. The second-order valence-corrected chi connectivity index (χ2v) is 18.2. The minimum Gasteiger partial charge on any atom is -0.756 e. The summed E-state index contributed by atoms with van der Waals surface area (Å²) in [4.78, 5) is 25.2. The SMILES string of the molecule is CCCCCCCCCC/C=C/C(O)C(COP(=O)([O-])OCC[N+](C)(C)C)NC(=O)CCCCCCCCC/C=C\CCCCCCCCCCCCC. The van der Waals surface area contributed by atoms with Gasteiger partial charge in [-0.15, -0.1) is 0 Å². The van der Waals surface area contributed by atoms with Crippen LogP contribution in [0.4, 0.5) is 0 Å². The Morgan fingerprint density at radius 3 is 1.44 bits per heavy atom. The zero-order chi connectivity index (χ0) is 40.0. The molecule has 0 rings (SSSR count). The van der Waals surface area contributed by atoms with Gasteiger partial charge in [0.25, 0.3) is 7.82 Å². The third-order valence-corrected chi connectivity index (χ3v) is 11.1. The smallest absolute Gasteiger partial charge is 0.268 e. The van der Waals surface area contributed by atoms with Crippen LogP contribution in [0.25, 0.3) is 0 Å². The maximum atomic E-state index is 12.8. The maximum Gasteiger partial charge on any atom is 0.268 e. The minimum absolute atomic E-state index is 0.00107. The summed E-state index contributed by atoms with van der Waals surface area (Å²) < 4.78 is 23.1. The van der Waals surface area contributed by atoms with Crippen molar-refractivity contribution in [3.63, 3.8) is 0 Å². The fourth-order valence-electron chi connectivity index (χ4n) is 6.50. The number of allylic oxidation sites excluding steroid dienone is 3. The number of aliphatic hydroxyl groups excluding tert-OH is 1. The van der Waals surface area contributed by atoms with E-state index in [1.54, 1.807) is 6.08 Å². The number of carbonyl (C=O) groups excluding carboxylic acids is 1. The Morgan fingerprint density at radius 2 is 1.02 bits per heavy atom. The van der Waals surface area contributed by atoms with Gasteiger partial charge in [-0.25, -0.2) is 0 Å². The standard InChI is InChI=1S/C45H89N2O6P/c1-6-8-10-12-14-16-18-19-20-21-22-23-24-25-26-27-28-29-31-33-35-37-39-45(49)46-43(42-53-54(50,51)52-41-40-47(3,4)5)44(48)38-36-34-32-30-17-15-13-11-9-7-2/h24-25,36,38,43-44,48H,6-23,26-35,37,39-42H2,1-5H3,(H-,46,49,50,51)/b25-24-,38-36+. The highest BCUT2D eigenvalue weighted by atomic mass is 31.2. The van der Waals surface area contributed by atoms with Crippen LogP contribution in [0.1, 0.15) is 206 Å². The van der Waals surface area contributed by atoms with Gasteiger partial charge in [0.15, 0.2) is 0 Å². The van der Waals surface area contributed by atoms with E-state index in [2.05, 4.69) is 31.3 Å². The molecule has 0 radical (unpaired) electrons. The first kappa shape index (κ1) is 53.0. The Morgan fingerprint density at radius 1 is 0.630 bits per heavy atom. The van der Waals surface area contributed by atoms with Crippen LogP contribution in [0.15, 0.2) is 24.3 Å². The van der Waals surface area contributed by atoms with Crippen molar-refractivity contribution in [3.8, 4) is 0 Å². The van der Waals surface area contributed by atoms with Crippen molar-refractivity contribution in [2.75, 3.05) is 40.9 Å². The second-order valence-electron chi connectivity index (χ2n) is 16.8. The molecule has 3 unspecified atom stereocenters. The van der Waals surface area contributed by atoms with Crippen molar-refractivity contribution in [2.24, 2.45) is 0 Å². The van der Waals surface area contributed by atoms with E-state index in [9.17, 15) is 19.4 Å². The normalized spacial score (nSPS) is 14.6. The molecule has 0 bridgehead atoms. The van der Waals surface area contributed by atoms with Crippen molar-refractivity contribution in [1.29, 1.82) is 0 Å². The lowest BCUT2D eigenvalue weighted by Gasteiger charge is -2.29. The number of rotatable bonds is 41. The number of hydrogen-bond acceptors (Lipinski definition) is 6. The Bertz CT molecular complexity index is 938. The van der Waals surface area contributed by atoms with E-state index >= 15 is 0 Å². The molecule has 0 aromatic carbocycles. The molecule has 0 saturated heterocycles. The number of carbonyl (C=O) groups is 1. The Kier molecular flexibility index (Phi) is 36.8. The monoisotopic (exact) mass is 785 g/mol. The molecule has 0 aliphatic rings. The largest absolute Gasteiger partial charge is 0.756 e. The Hall–Kier alpha value is -1.02. The van der Waals surface area contributed by atoms with Crippen LogP contribution < -0.4 is 10.2 Å². The van der Waals surface area contributed by atoms with Gasteiger partial charge in [-0.1, -0.05) is 179 Å². The van der Waals surface area contributed by atoms with Crippen molar-refractivity contribution in [1.82, 2.24) is 5.32 Å². The Balaban J connectivity index is 4.26. The summed E-state index contributed by atoms with van der Waals surface area (Å²) in [6.07, 6.45) is 43.7. The Labute approximate surface area is 334 Å². The first-order valence-corrected chi connectivity index (χ1v) is 24.2. The first-order chi connectivity index (χ1) is 26.0. The average molecular weight is 785 g/mol. The summed E-state index contributed by atoms with van der Waals surface area (Å²) in [6.45, 7) is 4.62. The van der Waals surface area contributed by atoms with E-state index in [4.69, 9.17) is 9.05 Å². The summed E-state index contributed by atoms with van der Waals surface area (Å²) in [6, 6.07) is -0.884. The zero-order valence-corrected chi connectivity index (χ0v) is 37.1. The molecule has 0 aliphatic heterocycles. The molecule has 2 N–H and O–H groups in total. The lowest BCUT2D eigenvalue weighted by Crippen LogP contribution is -2.45. The van der Waals surface area contributed by atoms with Gasteiger partial charge in [0.05, 0.1) is 39.9 Å². The molecule has 0 spiro atoms. The van der Waals surface area contributed by atoms with Crippen LogP contribution in [0, 0.1) is 0 Å². The van der Waals surface area contributed by atoms with Gasteiger partial charge in [-0.3, -0.25) is 9.36 Å². The van der Waals surface area contributed by atoms with E-state index in [0.29, 0.717) is 17.4 Å². The van der Waals surface area contributed by atoms with Gasteiger partial charge in [0.1, 0.15) is 13.2 Å². The van der Waals surface area contributed by atoms with Crippen molar-refractivity contribution >= 4 is 13.7 Å². The lowest BCUT2D eigenvalue weighted by atomic mass is 10.0. The molecule has 0 aliphatic carbocycles. The maximum absolute atomic E-state index is 12.8. The molecule has 1 amide bonds. The van der Waals surface area contributed by atoms with Gasteiger partial charge in [0, 0.05) is 6.42 Å². The molecule has 320 valence electrons. The number of hydrogen-bond donors (Lipinski definition) is 2. The van der Waals surface area contributed by atoms with Gasteiger partial charge in [0.2, 0.25) is 5.91 Å². The van der Waals surface area contributed by atoms with Gasteiger partial charge < -0.3 is 28.8 Å². The summed E-state index contributed by atoms with van der Waals surface area (Å²) in [5, 5.41) is 13.7. The average Bonchev–Trinajstić information content (AvgIpc) is 3.12. The topological polar surface area (TPSA) is 108 Å². The third kappa shape index (κ3) is 39.2. The quantitative estimate of drug-likeness (QED) is 0.0277. The van der Waals surface area contributed by atoms with Gasteiger partial charge in [-0.2, -0.15) is 0 Å². The molecular weight excluding hydrogens is 695 g/mol. The highest BCUT2D eigenvalue weighted by Crippen LogP contribution is 2.38. The predicted molar refractivity (Wildman–Crippen MR) is 228 cm³/mol. The van der Waals surface area contributed by atoms with Crippen LogP contribution in [-0.2, 0) is 18.4 Å². The number of amides is 1. The molecule has 0 saturated carbocycles. The molecule has 0 aromatic rings. The molecular formula is C45H89N2O6P. The van der Waals surface area contributed by atoms with E-state index in [1.165, 1.54) is 148 Å².